The molecule has 0 aromatic rings. The smallest absolute Gasteiger partial charge is 0.549 e. The third-order valence-electron chi connectivity index (χ3n) is 1.50. The zero-order valence-electron chi connectivity index (χ0n) is 7.59. The zero-order valence-corrected chi connectivity index (χ0v) is 9.07. The molecule has 1 atom stereocenters. The molecular formula is C8H11AgO4. The minimum absolute atomic E-state index is 0. The summed E-state index contributed by atoms with van der Waals surface area (Å²) in [6.07, 6.45) is 0. The number of carboxylic acid groups (broad SMARTS) is 1. The maximum absolute atomic E-state index is 11.1. The molecular weight excluding hydrogens is 268 g/mol. The molecule has 0 aliphatic heterocycles. The van der Waals surface area contributed by atoms with Crippen LogP contribution >= 0.6 is 0 Å². The number of carbonyl (C=O) groups excluding carboxylic acids is 3. The molecule has 0 N–H and O–H groups in total. The fraction of sp³-hybridized carbons (Fsp3) is 0.625. The molecule has 78 valence electrons. The quantitative estimate of drug-likeness (QED) is 0.497. The van der Waals surface area contributed by atoms with Gasteiger partial charge in [-0.15, -0.1) is 0 Å². The van der Waals surface area contributed by atoms with E-state index in [-0.39, 0.29) is 22.4 Å². The number of ketones is 2. The van der Waals surface area contributed by atoms with Gasteiger partial charge in [0.05, 0.1) is 5.97 Å². The molecule has 0 radical (unpaired) electrons. The van der Waals surface area contributed by atoms with Gasteiger partial charge in [0.25, 0.3) is 0 Å². The van der Waals surface area contributed by atoms with Crippen molar-refractivity contribution in [2.24, 2.45) is 11.8 Å². The van der Waals surface area contributed by atoms with Gasteiger partial charge in [0, 0.05) is 5.92 Å². The molecule has 0 amide bonds. The third kappa shape index (κ3) is 4.36. The zero-order chi connectivity index (χ0) is 9.89. The molecule has 1 unspecified atom stereocenters. The molecule has 0 aromatic heterocycles. The maximum Gasteiger partial charge on any atom is 1.00 e. The molecule has 5 heteroatoms. The number of carboxylic acids is 1. The molecule has 0 aliphatic carbocycles. The molecule has 0 rings (SSSR count). The maximum atomic E-state index is 11.1. The van der Waals surface area contributed by atoms with Crippen LogP contribution in [0.4, 0.5) is 0 Å². The summed E-state index contributed by atoms with van der Waals surface area (Å²) in [4.78, 5) is 32.1. The van der Waals surface area contributed by atoms with Crippen molar-refractivity contribution in [1.82, 2.24) is 0 Å². The van der Waals surface area contributed by atoms with E-state index in [2.05, 4.69) is 0 Å². The van der Waals surface area contributed by atoms with E-state index in [4.69, 9.17) is 0 Å². The van der Waals surface area contributed by atoms with Crippen molar-refractivity contribution in [2.75, 3.05) is 0 Å². The summed E-state index contributed by atoms with van der Waals surface area (Å²) in [5.41, 5.74) is 0. The average Bonchev–Trinajstić information content (AvgIpc) is 1.85. The van der Waals surface area contributed by atoms with E-state index in [0.29, 0.717) is 0 Å². The molecule has 0 bridgehead atoms. The number of rotatable bonds is 4. The van der Waals surface area contributed by atoms with Crippen LogP contribution in [0, 0.1) is 11.8 Å². The van der Waals surface area contributed by atoms with Crippen LogP contribution in [0.15, 0.2) is 0 Å². The minimum atomic E-state index is -1.61. The number of aliphatic carboxylic acids is 1. The monoisotopic (exact) mass is 278 g/mol. The van der Waals surface area contributed by atoms with Crippen LogP contribution in [0.3, 0.4) is 0 Å². The van der Waals surface area contributed by atoms with Crippen LogP contribution < -0.4 is 5.11 Å². The molecule has 0 saturated carbocycles. The second kappa shape index (κ2) is 6.07. The van der Waals surface area contributed by atoms with Crippen molar-refractivity contribution < 1.29 is 41.9 Å². The van der Waals surface area contributed by atoms with Crippen molar-refractivity contribution in [1.29, 1.82) is 0 Å². The van der Waals surface area contributed by atoms with Crippen molar-refractivity contribution in [2.45, 2.75) is 20.8 Å². The first-order valence-corrected chi connectivity index (χ1v) is 3.63. The first-order valence-electron chi connectivity index (χ1n) is 3.63. The first kappa shape index (κ1) is 15.0. The summed E-state index contributed by atoms with van der Waals surface area (Å²) in [6, 6.07) is 0. The molecule has 13 heavy (non-hydrogen) atoms. The summed E-state index contributed by atoms with van der Waals surface area (Å²) in [5.74, 6) is -4.93. The van der Waals surface area contributed by atoms with E-state index in [1.807, 2.05) is 0 Å². The fourth-order valence-corrected chi connectivity index (χ4v) is 0.816. The number of hydrogen-bond donors (Lipinski definition) is 0. The standard InChI is InChI=1S/C8H12O4.Ag/c1-4(2)7(10)6(5(3)9)8(11)12;/h4,6H,1-3H3,(H,11,12);/q;+1/p-1. The van der Waals surface area contributed by atoms with Crippen molar-refractivity contribution in [3.05, 3.63) is 0 Å². The van der Waals surface area contributed by atoms with Crippen LogP contribution in [0.25, 0.3) is 0 Å². The molecule has 0 aliphatic rings. The van der Waals surface area contributed by atoms with Gasteiger partial charge in [0.15, 0.2) is 5.78 Å². The normalized spacial score (nSPS) is 11.7. The number of Topliss-reactive ketones (excluding diaryl/α,β-unsaturated/α-hetero) is 2. The van der Waals surface area contributed by atoms with Gasteiger partial charge in [-0.3, -0.25) is 9.59 Å². The Morgan fingerprint density at radius 3 is 1.62 bits per heavy atom. The predicted octanol–water partition coefficient (Wildman–Crippen LogP) is -0.836. The Balaban J connectivity index is 0. The Bertz CT molecular complexity index is 208. The second-order valence-electron chi connectivity index (χ2n) is 2.92. The minimum Gasteiger partial charge on any atom is -0.549 e. The largest absolute Gasteiger partial charge is 1.00 e. The van der Waals surface area contributed by atoms with Gasteiger partial charge in [-0.1, -0.05) is 13.8 Å². The van der Waals surface area contributed by atoms with E-state index >= 15 is 0 Å². The summed E-state index contributed by atoms with van der Waals surface area (Å²) in [6.45, 7) is 4.16. The average molecular weight is 279 g/mol. The Hall–Kier alpha value is -0.450. The summed E-state index contributed by atoms with van der Waals surface area (Å²) in [5, 5.41) is 10.3. The predicted molar refractivity (Wildman–Crippen MR) is 39.0 cm³/mol. The number of hydrogen-bond acceptors (Lipinski definition) is 4. The van der Waals surface area contributed by atoms with Crippen LogP contribution in [0.1, 0.15) is 20.8 Å². The van der Waals surface area contributed by atoms with E-state index in [1.54, 1.807) is 13.8 Å². The van der Waals surface area contributed by atoms with Crippen LogP contribution in [0.2, 0.25) is 0 Å². The Morgan fingerprint density at radius 2 is 1.54 bits per heavy atom. The fourth-order valence-electron chi connectivity index (χ4n) is 0.816. The Labute approximate surface area is 92.2 Å². The van der Waals surface area contributed by atoms with Gasteiger partial charge in [0.1, 0.15) is 11.7 Å². The Kier molecular flexibility index (Phi) is 7.03. The molecule has 0 aromatic carbocycles. The molecule has 4 nitrogen and oxygen atoms in total. The van der Waals surface area contributed by atoms with E-state index in [1.165, 1.54) is 0 Å². The van der Waals surface area contributed by atoms with Crippen molar-refractivity contribution in [3.63, 3.8) is 0 Å². The summed E-state index contributed by atoms with van der Waals surface area (Å²) in [7, 11) is 0. The second-order valence-corrected chi connectivity index (χ2v) is 2.92. The number of carbonyl (C=O) groups is 3. The van der Waals surface area contributed by atoms with E-state index < -0.39 is 29.4 Å². The molecule has 0 fully saturated rings. The molecule has 0 spiro atoms. The molecule has 0 saturated heterocycles. The van der Waals surface area contributed by atoms with E-state index in [0.717, 1.165) is 6.92 Å². The Morgan fingerprint density at radius 1 is 1.15 bits per heavy atom. The van der Waals surface area contributed by atoms with Gasteiger partial charge < -0.3 is 9.90 Å². The van der Waals surface area contributed by atoms with Crippen LogP contribution in [-0.2, 0) is 36.8 Å². The van der Waals surface area contributed by atoms with Gasteiger partial charge in [-0.2, -0.15) is 0 Å². The van der Waals surface area contributed by atoms with Crippen LogP contribution in [0.5, 0.6) is 0 Å². The van der Waals surface area contributed by atoms with Crippen LogP contribution in [-0.4, -0.2) is 17.5 Å². The van der Waals surface area contributed by atoms with Gasteiger partial charge >= 0.3 is 22.4 Å². The summed E-state index contributed by atoms with van der Waals surface area (Å²) >= 11 is 0. The SMILES string of the molecule is CC(=O)C(C(=O)[O-])C(=O)C(C)C.[Ag+]. The first-order chi connectivity index (χ1) is 5.37. The van der Waals surface area contributed by atoms with Crippen molar-refractivity contribution >= 4 is 17.5 Å². The van der Waals surface area contributed by atoms with Gasteiger partial charge in [-0.05, 0) is 6.92 Å². The van der Waals surface area contributed by atoms with Crippen molar-refractivity contribution in [3.8, 4) is 0 Å². The molecule has 0 heterocycles. The topological polar surface area (TPSA) is 74.3 Å². The third-order valence-corrected chi connectivity index (χ3v) is 1.50. The van der Waals surface area contributed by atoms with Gasteiger partial charge in [-0.25, -0.2) is 0 Å². The van der Waals surface area contributed by atoms with E-state index in [9.17, 15) is 19.5 Å². The van der Waals surface area contributed by atoms with Gasteiger partial charge in [0.2, 0.25) is 0 Å². The summed E-state index contributed by atoms with van der Waals surface area (Å²) < 4.78 is 0.